The van der Waals surface area contributed by atoms with Crippen molar-refractivity contribution in [1.82, 2.24) is 5.32 Å². The van der Waals surface area contributed by atoms with E-state index in [1.165, 1.54) is 0 Å². The first kappa shape index (κ1) is 9.03. The zero-order valence-corrected chi connectivity index (χ0v) is 8.33. The highest BCUT2D eigenvalue weighted by Gasteiger charge is 2.36. The van der Waals surface area contributed by atoms with Gasteiger partial charge in [0.2, 0.25) is 0 Å². The van der Waals surface area contributed by atoms with E-state index in [-0.39, 0.29) is 17.2 Å². The first-order valence-electron chi connectivity index (χ1n) is 4.94. The summed E-state index contributed by atoms with van der Waals surface area (Å²) in [4.78, 5) is 23.0. The Balaban J connectivity index is 2.23. The number of rotatable bonds is 0. The fraction of sp³-hybridized carbons (Fsp3) is 0.0833. The number of carbonyl (C=O) groups is 2. The normalized spacial score (nSPS) is 18.4. The van der Waals surface area contributed by atoms with E-state index in [4.69, 9.17) is 5.41 Å². The maximum absolute atomic E-state index is 11.5. The maximum Gasteiger partial charge on any atom is 0.260 e. The third kappa shape index (κ3) is 1.01. The number of nitrogens with one attached hydrogen (secondary N) is 2. The second kappa shape index (κ2) is 2.88. The van der Waals surface area contributed by atoms with Gasteiger partial charge in [-0.05, 0) is 5.56 Å². The van der Waals surface area contributed by atoms with Crippen molar-refractivity contribution in [1.29, 1.82) is 5.41 Å². The molecule has 0 aromatic heterocycles. The van der Waals surface area contributed by atoms with E-state index in [2.05, 4.69) is 5.32 Å². The summed E-state index contributed by atoms with van der Waals surface area (Å²) in [5.74, 6) is -0.807. The van der Waals surface area contributed by atoms with E-state index in [1.807, 2.05) is 18.2 Å². The molecule has 2 N–H and O–H groups in total. The molecular weight excluding hydrogens is 204 g/mol. The molecule has 0 radical (unpaired) electrons. The Bertz CT molecular complexity index is 584. The molecule has 4 heteroatoms. The number of hydrogen-bond acceptors (Lipinski definition) is 3. The number of amides is 2. The van der Waals surface area contributed by atoms with Crippen molar-refractivity contribution in [2.45, 2.75) is 6.42 Å². The lowest BCUT2D eigenvalue weighted by atomic mass is 9.85. The highest BCUT2D eigenvalue weighted by atomic mass is 16.2. The SMILES string of the molecule is N=C1C2=C(Cc3ccccc31)C(=O)NC2=O. The quantitative estimate of drug-likeness (QED) is 0.617. The molecule has 0 fully saturated rings. The van der Waals surface area contributed by atoms with Crippen LogP contribution in [0.4, 0.5) is 0 Å². The van der Waals surface area contributed by atoms with Crippen LogP contribution in [-0.2, 0) is 16.0 Å². The van der Waals surface area contributed by atoms with Gasteiger partial charge in [0.05, 0.1) is 11.3 Å². The van der Waals surface area contributed by atoms with Crippen LogP contribution in [0.2, 0.25) is 0 Å². The van der Waals surface area contributed by atoms with Gasteiger partial charge in [-0.2, -0.15) is 0 Å². The molecule has 0 atom stereocenters. The van der Waals surface area contributed by atoms with Crippen molar-refractivity contribution in [3.8, 4) is 0 Å². The van der Waals surface area contributed by atoms with Gasteiger partial charge in [0.25, 0.3) is 11.8 Å². The third-order valence-electron chi connectivity index (χ3n) is 2.93. The van der Waals surface area contributed by atoms with Gasteiger partial charge in [-0.3, -0.25) is 20.3 Å². The Morgan fingerprint density at radius 1 is 1.12 bits per heavy atom. The molecule has 1 aliphatic heterocycles. The predicted octanol–water partition coefficient (Wildman–Crippen LogP) is 0.564. The summed E-state index contributed by atoms with van der Waals surface area (Å²) in [7, 11) is 0. The largest absolute Gasteiger partial charge is 0.299 e. The first-order chi connectivity index (χ1) is 7.68. The lowest BCUT2D eigenvalue weighted by molar-refractivity contribution is -0.124. The smallest absolute Gasteiger partial charge is 0.260 e. The minimum absolute atomic E-state index is 0.153. The molecule has 0 bridgehead atoms. The molecule has 0 unspecified atom stereocenters. The summed E-state index contributed by atoms with van der Waals surface area (Å²) in [5, 5.41) is 10.2. The van der Waals surface area contributed by atoms with Crippen molar-refractivity contribution in [3.63, 3.8) is 0 Å². The number of benzene rings is 1. The van der Waals surface area contributed by atoms with Gasteiger partial charge in [0, 0.05) is 17.6 Å². The van der Waals surface area contributed by atoms with Gasteiger partial charge in [-0.25, -0.2) is 0 Å². The number of carbonyl (C=O) groups excluding carboxylic acids is 2. The van der Waals surface area contributed by atoms with Crippen LogP contribution < -0.4 is 5.32 Å². The fourth-order valence-electron chi connectivity index (χ4n) is 2.17. The van der Waals surface area contributed by atoms with Crippen molar-refractivity contribution < 1.29 is 9.59 Å². The minimum atomic E-state index is -0.445. The minimum Gasteiger partial charge on any atom is -0.299 e. The molecule has 1 heterocycles. The van der Waals surface area contributed by atoms with Crippen molar-refractivity contribution >= 4 is 17.5 Å². The fourth-order valence-corrected chi connectivity index (χ4v) is 2.17. The number of imide groups is 1. The van der Waals surface area contributed by atoms with Gasteiger partial charge >= 0.3 is 0 Å². The van der Waals surface area contributed by atoms with Gasteiger partial charge in [-0.15, -0.1) is 0 Å². The van der Waals surface area contributed by atoms with Crippen LogP contribution in [0.5, 0.6) is 0 Å². The van der Waals surface area contributed by atoms with Crippen molar-refractivity contribution in [3.05, 3.63) is 46.5 Å². The molecule has 1 aromatic rings. The molecule has 1 aliphatic carbocycles. The lowest BCUT2D eigenvalue weighted by Gasteiger charge is -2.16. The summed E-state index contributed by atoms with van der Waals surface area (Å²) in [6.45, 7) is 0. The Kier molecular flexibility index (Phi) is 1.63. The summed E-state index contributed by atoms with van der Waals surface area (Å²) in [5.41, 5.74) is 2.49. The third-order valence-corrected chi connectivity index (χ3v) is 2.93. The van der Waals surface area contributed by atoms with Crippen LogP contribution in [0.25, 0.3) is 0 Å². The molecule has 1 aromatic carbocycles. The molecule has 0 saturated carbocycles. The second-order valence-electron chi connectivity index (χ2n) is 3.85. The Hall–Kier alpha value is -2.23. The highest BCUT2D eigenvalue weighted by molar-refractivity contribution is 6.37. The average molecular weight is 212 g/mol. The predicted molar refractivity (Wildman–Crippen MR) is 57.2 cm³/mol. The van der Waals surface area contributed by atoms with Crippen LogP contribution in [-0.4, -0.2) is 17.5 Å². The Morgan fingerprint density at radius 3 is 2.69 bits per heavy atom. The van der Waals surface area contributed by atoms with Gasteiger partial charge < -0.3 is 0 Å². The summed E-state index contributed by atoms with van der Waals surface area (Å²) in [6, 6.07) is 7.38. The van der Waals surface area contributed by atoms with Crippen LogP contribution in [0.15, 0.2) is 35.4 Å². The highest BCUT2D eigenvalue weighted by Crippen LogP contribution is 2.28. The zero-order valence-electron chi connectivity index (χ0n) is 8.33. The van der Waals surface area contributed by atoms with Crippen LogP contribution in [0.1, 0.15) is 11.1 Å². The summed E-state index contributed by atoms with van der Waals surface area (Å²) < 4.78 is 0. The molecule has 78 valence electrons. The van der Waals surface area contributed by atoms with Gasteiger partial charge in [-0.1, -0.05) is 24.3 Å². The Labute approximate surface area is 91.5 Å². The standard InChI is InChI=1S/C12H8N2O2/c13-10-7-4-2-1-3-6(7)5-8-9(10)12(16)14-11(8)15/h1-4,13H,5H2,(H,14,15,16). The molecule has 16 heavy (non-hydrogen) atoms. The monoisotopic (exact) mass is 212 g/mol. The second-order valence-corrected chi connectivity index (χ2v) is 3.85. The van der Waals surface area contributed by atoms with Crippen LogP contribution >= 0.6 is 0 Å². The summed E-state index contributed by atoms with van der Waals surface area (Å²) >= 11 is 0. The van der Waals surface area contributed by atoms with E-state index in [0.29, 0.717) is 12.0 Å². The van der Waals surface area contributed by atoms with Crippen molar-refractivity contribution in [2.75, 3.05) is 0 Å². The van der Waals surface area contributed by atoms with Crippen molar-refractivity contribution in [2.24, 2.45) is 0 Å². The van der Waals surface area contributed by atoms with Crippen LogP contribution in [0.3, 0.4) is 0 Å². The van der Waals surface area contributed by atoms with E-state index >= 15 is 0 Å². The average Bonchev–Trinajstić information content (AvgIpc) is 2.55. The molecule has 3 rings (SSSR count). The van der Waals surface area contributed by atoms with E-state index in [9.17, 15) is 9.59 Å². The van der Waals surface area contributed by atoms with Gasteiger partial charge in [0.1, 0.15) is 0 Å². The summed E-state index contributed by atoms with van der Waals surface area (Å²) in [6.07, 6.45) is 0.436. The molecule has 2 aliphatic rings. The molecule has 0 saturated heterocycles. The molecule has 2 amide bonds. The van der Waals surface area contributed by atoms with E-state index in [1.54, 1.807) is 6.07 Å². The van der Waals surface area contributed by atoms with E-state index in [0.717, 1.165) is 11.1 Å². The lowest BCUT2D eigenvalue weighted by Crippen LogP contribution is -2.24. The van der Waals surface area contributed by atoms with Crippen LogP contribution in [0, 0.1) is 5.41 Å². The van der Waals surface area contributed by atoms with Gasteiger partial charge in [0.15, 0.2) is 0 Å². The molecular formula is C12H8N2O2. The number of hydrogen-bond donors (Lipinski definition) is 2. The Morgan fingerprint density at radius 2 is 1.88 bits per heavy atom. The topological polar surface area (TPSA) is 70.0 Å². The molecule has 0 spiro atoms. The number of fused-ring (bicyclic) bond motifs is 1. The maximum atomic E-state index is 11.5. The van der Waals surface area contributed by atoms with E-state index < -0.39 is 5.91 Å². The molecule has 4 nitrogen and oxygen atoms in total. The first-order valence-corrected chi connectivity index (χ1v) is 4.94. The zero-order chi connectivity index (χ0) is 11.3.